The first-order valence-corrected chi connectivity index (χ1v) is 12.4. The largest absolute Gasteiger partial charge is 0.481 e. The average molecular weight is 536 g/mol. The Bertz CT molecular complexity index is 956. The zero-order chi connectivity index (χ0) is 28.7. The Kier molecular flexibility index (Phi) is 14.2. The summed E-state index contributed by atoms with van der Waals surface area (Å²) < 4.78 is 5.48. The van der Waals surface area contributed by atoms with Crippen molar-refractivity contribution in [2.45, 2.75) is 38.6 Å². The lowest BCUT2D eigenvalue weighted by Crippen LogP contribution is -2.49. The van der Waals surface area contributed by atoms with Crippen molar-refractivity contribution in [1.82, 2.24) is 25.8 Å². The number of nitrogens with two attached hydrogens (primary N) is 1. The number of ether oxygens (including phenoxy) is 1. The predicted octanol–water partition coefficient (Wildman–Crippen LogP) is 0.196. The fraction of sp³-hybridized carbons (Fsp3) is 0.560. The van der Waals surface area contributed by atoms with Gasteiger partial charge < -0.3 is 41.3 Å². The zero-order valence-electron chi connectivity index (χ0n) is 22.6. The molecule has 0 aliphatic rings. The number of carbonyl (C=O) groups is 4. The van der Waals surface area contributed by atoms with Gasteiger partial charge in [-0.1, -0.05) is 19.1 Å². The van der Waals surface area contributed by atoms with Gasteiger partial charge in [0.1, 0.15) is 18.2 Å². The number of rotatable bonds is 16. The minimum absolute atomic E-state index is 0.0868. The van der Waals surface area contributed by atoms with Crippen LogP contribution in [0.25, 0.3) is 0 Å². The first-order valence-electron chi connectivity index (χ1n) is 12.4. The Morgan fingerprint density at radius 2 is 1.84 bits per heavy atom. The standard InChI is InChI=1S/C25H41N7O6/c1-17(16-31(2)3)13-18-7-5-8-19(14-18)38-25(37)32(4)12-11-28-23(36)20(9-6-10-29-24(26)27)30-21(33)15-22(34)35/h5,7-8,14,17,20H,6,9-13,15-16H2,1-4H3,(H,28,36)(H,30,33)(H,34,35)(H4,26,27,29)/t17-,20+/m1/s1. The maximum absolute atomic E-state index is 12.6. The number of aliphatic carboxylic acids is 1. The average Bonchev–Trinajstić information content (AvgIpc) is 2.79. The molecule has 0 heterocycles. The van der Waals surface area contributed by atoms with Gasteiger partial charge >= 0.3 is 12.1 Å². The van der Waals surface area contributed by atoms with Crippen LogP contribution < -0.4 is 26.4 Å². The summed E-state index contributed by atoms with van der Waals surface area (Å²) in [6.45, 7) is 3.64. The van der Waals surface area contributed by atoms with Crippen molar-refractivity contribution < 1.29 is 29.0 Å². The van der Waals surface area contributed by atoms with Crippen molar-refractivity contribution in [3.05, 3.63) is 29.8 Å². The van der Waals surface area contributed by atoms with E-state index < -0.39 is 36.3 Å². The molecule has 13 nitrogen and oxygen atoms in total. The molecule has 2 atom stereocenters. The molecule has 0 fully saturated rings. The molecule has 0 aliphatic heterocycles. The van der Waals surface area contributed by atoms with E-state index in [9.17, 15) is 19.2 Å². The Hall–Kier alpha value is -3.87. The highest BCUT2D eigenvalue weighted by Crippen LogP contribution is 2.17. The molecule has 7 N–H and O–H groups in total. The Labute approximate surface area is 223 Å². The molecule has 0 aliphatic carbocycles. The molecular weight excluding hydrogens is 494 g/mol. The number of carboxylic acid groups (broad SMARTS) is 1. The molecule has 0 spiro atoms. The topological polar surface area (TPSA) is 190 Å². The van der Waals surface area contributed by atoms with E-state index in [1.807, 2.05) is 32.3 Å². The lowest BCUT2D eigenvalue weighted by molar-refractivity contribution is -0.141. The van der Waals surface area contributed by atoms with Crippen LogP contribution in [0.15, 0.2) is 24.3 Å². The molecule has 0 aromatic heterocycles. The molecule has 1 aromatic carbocycles. The Morgan fingerprint density at radius 1 is 1.13 bits per heavy atom. The molecule has 3 amide bonds. The van der Waals surface area contributed by atoms with Crippen LogP contribution in [0.3, 0.4) is 0 Å². The van der Waals surface area contributed by atoms with Gasteiger partial charge in [0.2, 0.25) is 11.8 Å². The molecule has 0 unspecified atom stereocenters. The number of benzene rings is 1. The second-order valence-electron chi connectivity index (χ2n) is 9.47. The summed E-state index contributed by atoms with van der Waals surface area (Å²) in [5.41, 5.74) is 6.29. The van der Waals surface area contributed by atoms with Gasteiger partial charge in [0.15, 0.2) is 5.96 Å². The number of carboxylic acids is 1. The SMILES string of the molecule is C[C@H](Cc1cccc(OC(=O)N(C)CCNC(=O)[C@H](CCCNC(=N)N)NC(=O)CC(=O)O)c1)CN(C)C. The first kappa shape index (κ1) is 32.2. The van der Waals surface area contributed by atoms with E-state index in [0.717, 1.165) is 18.5 Å². The van der Waals surface area contributed by atoms with E-state index in [-0.39, 0.29) is 25.5 Å². The highest BCUT2D eigenvalue weighted by Gasteiger charge is 2.22. The Balaban J connectivity index is 2.59. The third-order valence-corrected chi connectivity index (χ3v) is 5.37. The summed E-state index contributed by atoms with van der Waals surface area (Å²) >= 11 is 0. The van der Waals surface area contributed by atoms with Crippen LogP contribution in [0, 0.1) is 11.3 Å². The van der Waals surface area contributed by atoms with Gasteiger partial charge in [-0.25, -0.2) is 4.79 Å². The number of nitrogens with one attached hydrogen (secondary N) is 4. The number of guanidine groups is 1. The quantitative estimate of drug-likeness (QED) is 0.0743. The summed E-state index contributed by atoms with van der Waals surface area (Å²) in [6, 6.07) is 6.39. The molecule has 0 radical (unpaired) electrons. The van der Waals surface area contributed by atoms with Crippen molar-refractivity contribution in [3.8, 4) is 5.75 Å². The maximum atomic E-state index is 12.6. The van der Waals surface area contributed by atoms with Crippen LogP contribution in [0.4, 0.5) is 4.79 Å². The van der Waals surface area contributed by atoms with Gasteiger partial charge in [0, 0.05) is 33.2 Å². The lowest BCUT2D eigenvalue weighted by Gasteiger charge is -2.21. The number of hydrogen-bond acceptors (Lipinski definition) is 7. The van der Waals surface area contributed by atoms with Gasteiger partial charge in [0.25, 0.3) is 0 Å². The zero-order valence-corrected chi connectivity index (χ0v) is 22.6. The van der Waals surface area contributed by atoms with Crippen LogP contribution in [0.1, 0.15) is 31.7 Å². The van der Waals surface area contributed by atoms with E-state index >= 15 is 0 Å². The van der Waals surface area contributed by atoms with Crippen LogP contribution in [0.5, 0.6) is 5.75 Å². The third kappa shape index (κ3) is 14.0. The van der Waals surface area contributed by atoms with Crippen LogP contribution in [-0.4, -0.2) is 98.1 Å². The van der Waals surface area contributed by atoms with Crippen molar-refractivity contribution >= 4 is 29.8 Å². The molecule has 1 aromatic rings. The minimum atomic E-state index is -1.31. The summed E-state index contributed by atoms with van der Waals surface area (Å²) in [5.74, 6) is -1.98. The number of likely N-dealkylation sites (N-methyl/N-ethyl adjacent to an activating group) is 1. The van der Waals surface area contributed by atoms with Crippen molar-refractivity contribution in [3.63, 3.8) is 0 Å². The minimum Gasteiger partial charge on any atom is -0.481 e. The molecule has 1 rings (SSSR count). The Morgan fingerprint density at radius 3 is 2.47 bits per heavy atom. The van der Waals surface area contributed by atoms with E-state index in [2.05, 4.69) is 27.8 Å². The van der Waals surface area contributed by atoms with E-state index in [4.69, 9.17) is 21.0 Å². The van der Waals surface area contributed by atoms with Crippen molar-refractivity contribution in [1.29, 1.82) is 5.41 Å². The molecule has 13 heteroatoms. The molecule has 0 bridgehead atoms. The highest BCUT2D eigenvalue weighted by molar-refractivity contribution is 5.96. The number of amides is 3. The molecule has 0 saturated heterocycles. The second kappa shape index (κ2) is 16.8. The van der Waals surface area contributed by atoms with Crippen LogP contribution in [0.2, 0.25) is 0 Å². The van der Waals surface area contributed by atoms with E-state index in [1.165, 1.54) is 11.9 Å². The van der Waals surface area contributed by atoms with Gasteiger partial charge in [-0.05, 0) is 57.0 Å². The summed E-state index contributed by atoms with van der Waals surface area (Å²) in [4.78, 5) is 51.2. The fourth-order valence-electron chi connectivity index (χ4n) is 3.75. The fourth-order valence-corrected chi connectivity index (χ4v) is 3.75. The number of carbonyl (C=O) groups excluding carboxylic acids is 3. The molecular formula is C25H41N7O6. The van der Waals surface area contributed by atoms with E-state index in [1.54, 1.807) is 6.07 Å². The molecule has 212 valence electrons. The van der Waals surface area contributed by atoms with Crippen LogP contribution in [-0.2, 0) is 20.8 Å². The maximum Gasteiger partial charge on any atom is 0.415 e. The van der Waals surface area contributed by atoms with Gasteiger partial charge in [0.05, 0.1) is 0 Å². The third-order valence-electron chi connectivity index (χ3n) is 5.37. The van der Waals surface area contributed by atoms with E-state index in [0.29, 0.717) is 24.6 Å². The monoisotopic (exact) mass is 535 g/mol. The second-order valence-corrected chi connectivity index (χ2v) is 9.47. The van der Waals surface area contributed by atoms with Gasteiger partial charge in [-0.2, -0.15) is 0 Å². The van der Waals surface area contributed by atoms with Crippen molar-refractivity contribution in [2.24, 2.45) is 11.7 Å². The predicted molar refractivity (Wildman–Crippen MR) is 143 cm³/mol. The number of nitrogens with zero attached hydrogens (tertiary/aromatic N) is 2. The molecule has 0 saturated carbocycles. The number of hydrogen-bond donors (Lipinski definition) is 6. The lowest BCUT2D eigenvalue weighted by atomic mass is 10.0. The van der Waals surface area contributed by atoms with Crippen molar-refractivity contribution in [2.75, 3.05) is 47.3 Å². The smallest absolute Gasteiger partial charge is 0.415 e. The summed E-state index contributed by atoms with van der Waals surface area (Å²) in [5, 5.41) is 23.6. The van der Waals surface area contributed by atoms with Crippen LogP contribution >= 0.6 is 0 Å². The van der Waals surface area contributed by atoms with Gasteiger partial charge in [-0.3, -0.25) is 19.8 Å². The first-order chi connectivity index (χ1) is 17.9. The highest BCUT2D eigenvalue weighted by atomic mass is 16.6. The summed E-state index contributed by atoms with van der Waals surface area (Å²) in [6.07, 6.45) is 0.0860. The molecule has 38 heavy (non-hydrogen) atoms. The van der Waals surface area contributed by atoms with Gasteiger partial charge in [-0.15, -0.1) is 0 Å². The normalized spacial score (nSPS) is 12.2. The summed E-state index contributed by atoms with van der Waals surface area (Å²) in [7, 11) is 5.59.